The van der Waals surface area contributed by atoms with Crippen molar-refractivity contribution < 1.29 is 15.0 Å². The Labute approximate surface area is 90.1 Å². The first-order chi connectivity index (χ1) is 7.61. The number of carbonyl (C=O) groups excluding carboxylic acids is 1. The SMILES string of the molecule is NC(=O)C(O)C(O)c1cnn2cccnc12. The number of carbonyl (C=O) groups is 1. The molecule has 2 aromatic heterocycles. The van der Waals surface area contributed by atoms with E-state index in [2.05, 4.69) is 10.1 Å². The Bertz CT molecular complexity index is 524. The maximum Gasteiger partial charge on any atom is 0.249 e. The van der Waals surface area contributed by atoms with Crippen LogP contribution in [0.2, 0.25) is 0 Å². The fraction of sp³-hybridized carbons (Fsp3) is 0.222. The van der Waals surface area contributed by atoms with Gasteiger partial charge in [-0.15, -0.1) is 0 Å². The minimum Gasteiger partial charge on any atom is -0.385 e. The maximum atomic E-state index is 10.7. The van der Waals surface area contributed by atoms with Crippen molar-refractivity contribution in [3.63, 3.8) is 0 Å². The first kappa shape index (κ1) is 10.5. The molecule has 2 rings (SSSR count). The summed E-state index contributed by atoms with van der Waals surface area (Å²) in [7, 11) is 0. The lowest BCUT2D eigenvalue weighted by Crippen LogP contribution is -2.33. The van der Waals surface area contributed by atoms with Crippen molar-refractivity contribution in [2.45, 2.75) is 12.2 Å². The fourth-order valence-corrected chi connectivity index (χ4v) is 1.38. The molecule has 0 fully saturated rings. The Morgan fingerprint density at radius 3 is 2.94 bits per heavy atom. The van der Waals surface area contributed by atoms with Crippen molar-refractivity contribution in [1.29, 1.82) is 0 Å². The van der Waals surface area contributed by atoms with Crippen LogP contribution < -0.4 is 5.73 Å². The summed E-state index contributed by atoms with van der Waals surface area (Å²) in [6.45, 7) is 0. The Morgan fingerprint density at radius 2 is 2.25 bits per heavy atom. The van der Waals surface area contributed by atoms with Crippen LogP contribution in [0, 0.1) is 0 Å². The Balaban J connectivity index is 2.44. The zero-order valence-corrected chi connectivity index (χ0v) is 8.19. The van der Waals surface area contributed by atoms with Crippen molar-refractivity contribution in [3.8, 4) is 0 Å². The van der Waals surface area contributed by atoms with E-state index in [1.807, 2.05) is 0 Å². The highest BCUT2D eigenvalue weighted by Crippen LogP contribution is 2.20. The van der Waals surface area contributed by atoms with E-state index in [-0.39, 0.29) is 5.56 Å². The Kier molecular flexibility index (Phi) is 2.55. The predicted molar refractivity (Wildman–Crippen MR) is 53.1 cm³/mol. The van der Waals surface area contributed by atoms with E-state index < -0.39 is 18.1 Å². The first-order valence-electron chi connectivity index (χ1n) is 4.55. The topological polar surface area (TPSA) is 114 Å². The average Bonchev–Trinajstić information content (AvgIpc) is 2.70. The molecule has 0 aliphatic rings. The lowest BCUT2D eigenvalue weighted by atomic mass is 10.1. The van der Waals surface area contributed by atoms with Crippen molar-refractivity contribution in [3.05, 3.63) is 30.2 Å². The van der Waals surface area contributed by atoms with Crippen molar-refractivity contribution in [2.75, 3.05) is 0 Å². The third kappa shape index (κ3) is 1.62. The van der Waals surface area contributed by atoms with Crippen LogP contribution in [0.15, 0.2) is 24.7 Å². The molecule has 0 spiro atoms. The number of aromatic nitrogens is 3. The normalized spacial score (nSPS) is 14.9. The summed E-state index contributed by atoms with van der Waals surface area (Å²) in [4.78, 5) is 14.7. The van der Waals surface area contributed by atoms with Crippen molar-refractivity contribution in [2.24, 2.45) is 5.73 Å². The number of rotatable bonds is 3. The summed E-state index contributed by atoms with van der Waals surface area (Å²) in [5.41, 5.74) is 5.52. The fourth-order valence-electron chi connectivity index (χ4n) is 1.38. The van der Waals surface area contributed by atoms with Gasteiger partial charge in [0.2, 0.25) is 5.91 Å². The van der Waals surface area contributed by atoms with E-state index in [0.717, 1.165) is 0 Å². The van der Waals surface area contributed by atoms with E-state index in [1.165, 1.54) is 16.9 Å². The second kappa shape index (κ2) is 3.87. The maximum absolute atomic E-state index is 10.7. The Morgan fingerprint density at radius 1 is 1.50 bits per heavy atom. The van der Waals surface area contributed by atoms with Crippen LogP contribution in [-0.2, 0) is 4.79 Å². The van der Waals surface area contributed by atoms with Crippen molar-refractivity contribution in [1.82, 2.24) is 14.6 Å². The molecule has 2 heterocycles. The number of amides is 1. The first-order valence-corrected chi connectivity index (χ1v) is 4.55. The molecule has 0 radical (unpaired) electrons. The molecule has 84 valence electrons. The largest absolute Gasteiger partial charge is 0.385 e. The molecule has 2 atom stereocenters. The quantitative estimate of drug-likeness (QED) is 0.591. The third-order valence-corrected chi connectivity index (χ3v) is 2.22. The van der Waals surface area contributed by atoms with Gasteiger partial charge in [0.1, 0.15) is 6.10 Å². The van der Waals surface area contributed by atoms with E-state index in [9.17, 15) is 15.0 Å². The molecule has 0 aliphatic heterocycles. The lowest BCUT2D eigenvalue weighted by molar-refractivity contribution is -0.131. The summed E-state index contributed by atoms with van der Waals surface area (Å²) in [5, 5.41) is 23.0. The van der Waals surface area contributed by atoms with E-state index in [1.54, 1.807) is 12.3 Å². The van der Waals surface area contributed by atoms with E-state index in [4.69, 9.17) is 5.73 Å². The Hall–Kier alpha value is -1.99. The molecule has 2 unspecified atom stereocenters. The molecule has 1 amide bonds. The molecule has 4 N–H and O–H groups in total. The number of primary amides is 1. The smallest absolute Gasteiger partial charge is 0.249 e. The van der Waals surface area contributed by atoms with Gasteiger partial charge in [0.15, 0.2) is 11.8 Å². The van der Waals surface area contributed by atoms with Crippen LogP contribution in [0.4, 0.5) is 0 Å². The standard InChI is InChI=1S/C9H10N4O3/c10-8(16)7(15)6(14)5-4-12-13-3-1-2-11-9(5)13/h1-4,6-7,14-15H,(H2,10,16). The molecule has 0 aliphatic carbocycles. The molecule has 7 heteroatoms. The van der Waals surface area contributed by atoms with Gasteiger partial charge in [0, 0.05) is 18.0 Å². The third-order valence-electron chi connectivity index (χ3n) is 2.22. The zero-order valence-electron chi connectivity index (χ0n) is 8.19. The van der Waals surface area contributed by atoms with Gasteiger partial charge in [-0.25, -0.2) is 9.50 Å². The molecule has 0 saturated heterocycles. The summed E-state index contributed by atoms with van der Waals surface area (Å²) in [6, 6.07) is 1.67. The second-order valence-corrected chi connectivity index (χ2v) is 3.28. The van der Waals surface area contributed by atoms with Gasteiger partial charge in [-0.3, -0.25) is 4.79 Å². The van der Waals surface area contributed by atoms with Gasteiger partial charge in [0.25, 0.3) is 0 Å². The van der Waals surface area contributed by atoms with Crippen LogP contribution >= 0.6 is 0 Å². The van der Waals surface area contributed by atoms with E-state index >= 15 is 0 Å². The van der Waals surface area contributed by atoms with Crippen LogP contribution in [0.5, 0.6) is 0 Å². The molecule has 2 aromatic rings. The number of hydrogen-bond donors (Lipinski definition) is 3. The minimum atomic E-state index is -1.67. The lowest BCUT2D eigenvalue weighted by Gasteiger charge is -2.12. The predicted octanol–water partition coefficient (Wildman–Crippen LogP) is -1.39. The molecule has 0 saturated carbocycles. The number of aliphatic hydroxyl groups excluding tert-OH is 2. The average molecular weight is 222 g/mol. The number of fused-ring (bicyclic) bond motifs is 1. The monoisotopic (exact) mass is 222 g/mol. The van der Waals surface area contributed by atoms with Gasteiger partial charge >= 0.3 is 0 Å². The minimum absolute atomic E-state index is 0.256. The van der Waals surface area contributed by atoms with Gasteiger partial charge in [-0.1, -0.05) is 0 Å². The highest BCUT2D eigenvalue weighted by molar-refractivity contribution is 5.79. The molecular weight excluding hydrogens is 212 g/mol. The highest BCUT2D eigenvalue weighted by atomic mass is 16.3. The van der Waals surface area contributed by atoms with Gasteiger partial charge in [-0.2, -0.15) is 5.10 Å². The van der Waals surface area contributed by atoms with Crippen LogP contribution in [0.1, 0.15) is 11.7 Å². The molecule has 16 heavy (non-hydrogen) atoms. The summed E-state index contributed by atoms with van der Waals surface area (Å²) >= 11 is 0. The van der Waals surface area contributed by atoms with Crippen molar-refractivity contribution >= 4 is 11.6 Å². The summed E-state index contributed by atoms with van der Waals surface area (Å²) in [5.74, 6) is -0.997. The number of hydrogen-bond acceptors (Lipinski definition) is 5. The molecule has 0 aromatic carbocycles. The number of nitrogens with zero attached hydrogens (tertiary/aromatic N) is 3. The van der Waals surface area contributed by atoms with Crippen LogP contribution in [0.25, 0.3) is 5.65 Å². The molecule has 0 bridgehead atoms. The van der Waals surface area contributed by atoms with E-state index in [0.29, 0.717) is 5.65 Å². The van der Waals surface area contributed by atoms with Gasteiger partial charge in [0.05, 0.1) is 6.20 Å². The van der Waals surface area contributed by atoms with Crippen LogP contribution in [-0.4, -0.2) is 36.8 Å². The highest BCUT2D eigenvalue weighted by Gasteiger charge is 2.26. The van der Waals surface area contributed by atoms with Crippen LogP contribution in [0.3, 0.4) is 0 Å². The molecular formula is C9H10N4O3. The molecule has 7 nitrogen and oxygen atoms in total. The second-order valence-electron chi connectivity index (χ2n) is 3.28. The summed E-state index contributed by atoms with van der Waals surface area (Å²) in [6.07, 6.45) is 1.39. The van der Waals surface area contributed by atoms with Gasteiger partial charge < -0.3 is 15.9 Å². The number of nitrogens with two attached hydrogens (primary N) is 1. The number of aliphatic hydroxyl groups is 2. The van der Waals surface area contributed by atoms with Gasteiger partial charge in [-0.05, 0) is 6.07 Å². The summed E-state index contributed by atoms with van der Waals surface area (Å²) < 4.78 is 1.42. The zero-order chi connectivity index (χ0) is 11.7.